The number of hydrogen-bond acceptors (Lipinski definition) is 4. The summed E-state index contributed by atoms with van der Waals surface area (Å²) in [6.07, 6.45) is 2.90. The van der Waals surface area contributed by atoms with Crippen LogP contribution in [0.5, 0.6) is 0 Å². The number of rotatable bonds is 4. The van der Waals surface area contributed by atoms with E-state index in [1.807, 2.05) is 13.8 Å². The third-order valence-corrected chi connectivity index (χ3v) is 3.79. The molecule has 0 unspecified atom stereocenters. The van der Waals surface area contributed by atoms with Crippen LogP contribution >= 0.6 is 0 Å². The molecule has 1 aromatic carbocycles. The van der Waals surface area contributed by atoms with Crippen LogP contribution in [-0.2, 0) is 4.74 Å². The number of aromatic amines is 1. The number of cyclic esters (lactones) is 1. The van der Waals surface area contributed by atoms with E-state index in [2.05, 4.69) is 10.2 Å². The SMILES string of the molecule is Cc1n[nH]c(C)c1/C=C/C(=O)c1cccc(N2CCOC2=O)c1. The van der Waals surface area contributed by atoms with Gasteiger partial charge in [-0.1, -0.05) is 12.1 Å². The van der Waals surface area contributed by atoms with Crippen molar-refractivity contribution in [3.8, 4) is 0 Å². The molecule has 23 heavy (non-hydrogen) atoms. The highest BCUT2D eigenvalue weighted by molar-refractivity contribution is 6.07. The fourth-order valence-corrected chi connectivity index (χ4v) is 2.52. The Bertz CT molecular complexity index is 773. The number of benzene rings is 1. The molecule has 1 fully saturated rings. The van der Waals surface area contributed by atoms with Crippen molar-refractivity contribution in [1.29, 1.82) is 0 Å². The molecule has 1 N–H and O–H groups in total. The summed E-state index contributed by atoms with van der Waals surface area (Å²) in [5, 5.41) is 6.98. The maximum atomic E-state index is 12.4. The number of aromatic nitrogens is 2. The van der Waals surface area contributed by atoms with Gasteiger partial charge in [0.2, 0.25) is 0 Å². The summed E-state index contributed by atoms with van der Waals surface area (Å²) in [4.78, 5) is 25.5. The highest BCUT2D eigenvalue weighted by Gasteiger charge is 2.23. The molecule has 0 bridgehead atoms. The molecule has 1 aromatic heterocycles. The smallest absolute Gasteiger partial charge is 0.414 e. The van der Waals surface area contributed by atoms with Crippen LogP contribution in [0.1, 0.15) is 27.3 Å². The van der Waals surface area contributed by atoms with E-state index in [0.29, 0.717) is 24.4 Å². The zero-order valence-corrected chi connectivity index (χ0v) is 13.0. The number of allylic oxidation sites excluding steroid dienone is 1. The van der Waals surface area contributed by atoms with E-state index in [4.69, 9.17) is 4.74 Å². The molecule has 1 saturated heterocycles. The predicted octanol–water partition coefficient (Wildman–Crippen LogP) is 2.88. The second-order valence-electron chi connectivity index (χ2n) is 5.36. The Morgan fingerprint density at radius 1 is 1.39 bits per heavy atom. The van der Waals surface area contributed by atoms with Crippen molar-refractivity contribution in [2.24, 2.45) is 0 Å². The summed E-state index contributed by atoms with van der Waals surface area (Å²) in [6.45, 7) is 4.66. The summed E-state index contributed by atoms with van der Waals surface area (Å²) in [7, 11) is 0. The molecule has 0 atom stereocenters. The number of carbonyl (C=O) groups excluding carboxylic acids is 2. The number of amides is 1. The number of ketones is 1. The molecule has 1 amide bonds. The van der Waals surface area contributed by atoms with Crippen LogP contribution in [0.15, 0.2) is 30.3 Å². The highest BCUT2D eigenvalue weighted by Crippen LogP contribution is 2.21. The molecule has 0 saturated carbocycles. The first-order valence-electron chi connectivity index (χ1n) is 7.34. The zero-order chi connectivity index (χ0) is 16.4. The normalized spacial score (nSPS) is 14.5. The average Bonchev–Trinajstić information content (AvgIpc) is 3.11. The van der Waals surface area contributed by atoms with Crippen molar-refractivity contribution in [1.82, 2.24) is 10.2 Å². The number of hydrogen-bond donors (Lipinski definition) is 1. The zero-order valence-electron chi connectivity index (χ0n) is 13.0. The Balaban J connectivity index is 1.81. The maximum Gasteiger partial charge on any atom is 0.414 e. The molecule has 1 aliphatic rings. The Labute approximate surface area is 133 Å². The molecule has 6 heteroatoms. The summed E-state index contributed by atoms with van der Waals surface area (Å²) < 4.78 is 4.92. The van der Waals surface area contributed by atoms with Gasteiger partial charge in [-0.15, -0.1) is 0 Å². The van der Waals surface area contributed by atoms with Crippen LogP contribution in [0.3, 0.4) is 0 Å². The van der Waals surface area contributed by atoms with Crippen LogP contribution in [-0.4, -0.2) is 35.2 Å². The number of aryl methyl sites for hydroxylation is 2. The van der Waals surface area contributed by atoms with Gasteiger partial charge in [0, 0.05) is 22.5 Å². The van der Waals surface area contributed by atoms with E-state index in [1.165, 1.54) is 11.0 Å². The van der Waals surface area contributed by atoms with Gasteiger partial charge in [-0.2, -0.15) is 5.10 Å². The van der Waals surface area contributed by atoms with Crippen molar-refractivity contribution < 1.29 is 14.3 Å². The van der Waals surface area contributed by atoms with Gasteiger partial charge in [-0.25, -0.2) is 4.79 Å². The van der Waals surface area contributed by atoms with Crippen molar-refractivity contribution in [3.63, 3.8) is 0 Å². The van der Waals surface area contributed by atoms with Crippen LogP contribution < -0.4 is 4.90 Å². The molecule has 2 aromatic rings. The molecule has 1 aliphatic heterocycles. The van der Waals surface area contributed by atoms with E-state index in [-0.39, 0.29) is 11.9 Å². The number of H-pyrrole nitrogens is 1. The monoisotopic (exact) mass is 311 g/mol. The lowest BCUT2D eigenvalue weighted by Gasteiger charge is -2.13. The van der Waals surface area contributed by atoms with Crippen molar-refractivity contribution in [2.75, 3.05) is 18.1 Å². The maximum absolute atomic E-state index is 12.4. The quantitative estimate of drug-likeness (QED) is 0.696. The Morgan fingerprint density at radius 2 is 2.22 bits per heavy atom. The number of ether oxygens (including phenoxy) is 1. The number of nitrogens with one attached hydrogen (secondary N) is 1. The van der Waals surface area contributed by atoms with Gasteiger partial charge in [0.05, 0.1) is 12.2 Å². The Hall–Kier alpha value is -2.89. The molecule has 0 radical (unpaired) electrons. The lowest BCUT2D eigenvalue weighted by Crippen LogP contribution is -2.23. The van der Waals surface area contributed by atoms with E-state index in [0.717, 1.165) is 17.0 Å². The highest BCUT2D eigenvalue weighted by atomic mass is 16.6. The first kappa shape index (κ1) is 15.0. The fraction of sp³-hybridized carbons (Fsp3) is 0.235. The lowest BCUT2D eigenvalue weighted by molar-refractivity contribution is 0.104. The van der Waals surface area contributed by atoms with Crippen LogP contribution in [0.4, 0.5) is 10.5 Å². The van der Waals surface area contributed by atoms with Crippen LogP contribution in [0.2, 0.25) is 0 Å². The van der Waals surface area contributed by atoms with Gasteiger partial charge in [-0.3, -0.25) is 14.8 Å². The largest absolute Gasteiger partial charge is 0.447 e. The summed E-state index contributed by atoms with van der Waals surface area (Å²) in [6, 6.07) is 6.98. The van der Waals surface area contributed by atoms with Crippen LogP contribution in [0, 0.1) is 13.8 Å². The molecule has 3 rings (SSSR count). The molecule has 0 spiro atoms. The fourth-order valence-electron chi connectivity index (χ4n) is 2.52. The average molecular weight is 311 g/mol. The third kappa shape index (κ3) is 3.01. The lowest BCUT2D eigenvalue weighted by atomic mass is 10.1. The van der Waals surface area contributed by atoms with E-state index in [9.17, 15) is 9.59 Å². The number of anilines is 1. The van der Waals surface area contributed by atoms with E-state index in [1.54, 1.807) is 30.3 Å². The van der Waals surface area contributed by atoms with Gasteiger partial charge in [-0.05, 0) is 38.1 Å². The van der Waals surface area contributed by atoms with Gasteiger partial charge in [0.25, 0.3) is 0 Å². The van der Waals surface area contributed by atoms with Crippen molar-refractivity contribution in [2.45, 2.75) is 13.8 Å². The number of nitrogens with zero attached hydrogens (tertiary/aromatic N) is 2. The van der Waals surface area contributed by atoms with E-state index >= 15 is 0 Å². The van der Waals surface area contributed by atoms with Gasteiger partial charge < -0.3 is 4.74 Å². The topological polar surface area (TPSA) is 75.3 Å². The molecule has 2 heterocycles. The van der Waals surface area contributed by atoms with Gasteiger partial charge >= 0.3 is 6.09 Å². The first-order chi connectivity index (χ1) is 11.1. The second-order valence-corrected chi connectivity index (χ2v) is 5.36. The second kappa shape index (κ2) is 6.08. The minimum atomic E-state index is -0.380. The molecular weight excluding hydrogens is 294 g/mol. The van der Waals surface area contributed by atoms with E-state index < -0.39 is 0 Å². The molecule has 0 aliphatic carbocycles. The summed E-state index contributed by atoms with van der Waals surface area (Å²) in [5.74, 6) is -0.126. The van der Waals surface area contributed by atoms with Crippen molar-refractivity contribution in [3.05, 3.63) is 52.9 Å². The molecular formula is C17H17N3O3. The summed E-state index contributed by atoms with van der Waals surface area (Å²) >= 11 is 0. The Morgan fingerprint density at radius 3 is 2.87 bits per heavy atom. The predicted molar refractivity (Wildman–Crippen MR) is 86.6 cm³/mol. The number of carbonyl (C=O) groups is 2. The van der Waals surface area contributed by atoms with Gasteiger partial charge in [0.1, 0.15) is 6.61 Å². The summed E-state index contributed by atoms with van der Waals surface area (Å²) in [5.41, 5.74) is 3.87. The minimum Gasteiger partial charge on any atom is -0.447 e. The minimum absolute atomic E-state index is 0.126. The third-order valence-electron chi connectivity index (χ3n) is 3.79. The van der Waals surface area contributed by atoms with Gasteiger partial charge in [0.15, 0.2) is 5.78 Å². The standard InChI is InChI=1S/C17H17N3O3/c1-11-15(12(2)19-18-11)6-7-16(21)13-4-3-5-14(10-13)20-8-9-23-17(20)22/h3-7,10H,8-9H2,1-2H3,(H,18,19)/b7-6+. The Kier molecular flexibility index (Phi) is 3.97. The molecule has 6 nitrogen and oxygen atoms in total. The first-order valence-corrected chi connectivity index (χ1v) is 7.34. The van der Waals surface area contributed by atoms with Crippen molar-refractivity contribution >= 4 is 23.6 Å². The molecule has 118 valence electrons. The van der Waals surface area contributed by atoms with Crippen LogP contribution in [0.25, 0.3) is 6.08 Å².